The van der Waals surface area contributed by atoms with Crippen molar-refractivity contribution in [3.63, 3.8) is 0 Å². The van der Waals surface area contributed by atoms with E-state index in [1.54, 1.807) is 24.3 Å². The van der Waals surface area contributed by atoms with Gasteiger partial charge in [-0.1, -0.05) is 19.3 Å². The summed E-state index contributed by atoms with van der Waals surface area (Å²) in [6.45, 7) is 1.28. The summed E-state index contributed by atoms with van der Waals surface area (Å²) in [5, 5.41) is 23.6. The number of benzene rings is 3. The van der Waals surface area contributed by atoms with E-state index >= 15 is 0 Å². The molecule has 1 heterocycles. The molecule has 0 aliphatic heterocycles. The zero-order valence-corrected chi connectivity index (χ0v) is 22.1. The van der Waals surface area contributed by atoms with E-state index < -0.39 is 0 Å². The highest BCUT2D eigenvalue weighted by Crippen LogP contribution is 2.47. The number of rotatable bonds is 10. The molecule has 0 bridgehead atoms. The van der Waals surface area contributed by atoms with Crippen LogP contribution in [0.15, 0.2) is 66.7 Å². The molecule has 0 unspecified atom stereocenters. The first kappa shape index (κ1) is 25.9. The van der Waals surface area contributed by atoms with Crippen LogP contribution in [-0.4, -0.2) is 29.3 Å². The Morgan fingerprint density at radius 2 is 1.58 bits per heavy atom. The number of phenols is 2. The maximum atomic E-state index is 12.2. The van der Waals surface area contributed by atoms with Gasteiger partial charge in [-0.25, -0.2) is 0 Å². The Hall–Kier alpha value is -3.71. The highest BCUT2D eigenvalue weighted by molar-refractivity contribution is 7.22. The number of amides is 1. The summed E-state index contributed by atoms with van der Waals surface area (Å²) in [4.78, 5) is 13.1. The van der Waals surface area contributed by atoms with Crippen LogP contribution >= 0.6 is 11.3 Å². The largest absolute Gasteiger partial charge is 0.508 e. The predicted octanol–water partition coefficient (Wildman–Crippen LogP) is 7.63. The number of carbonyl (C=O) groups is 1. The highest BCUT2D eigenvalue weighted by Gasteiger charge is 2.20. The summed E-state index contributed by atoms with van der Waals surface area (Å²) >= 11 is 1.53. The number of carbonyl (C=O) groups excluding carboxylic acids is 1. The number of unbranched alkanes of at least 4 members (excludes halogenated alkanes) is 1. The fraction of sp³-hybridized carbons (Fsp3) is 0.323. The van der Waals surface area contributed by atoms with Crippen molar-refractivity contribution in [2.24, 2.45) is 5.92 Å². The van der Waals surface area contributed by atoms with Crippen LogP contribution in [0.3, 0.4) is 0 Å². The molecular formula is C31H33NO5S. The van der Waals surface area contributed by atoms with Gasteiger partial charge in [-0.05, 0) is 98.0 Å². The lowest BCUT2D eigenvalue weighted by molar-refractivity contribution is -0.125. The number of nitrogens with one attached hydrogen (secondary N) is 1. The van der Waals surface area contributed by atoms with Crippen molar-refractivity contribution in [3.8, 4) is 39.2 Å². The fourth-order valence-electron chi connectivity index (χ4n) is 4.83. The van der Waals surface area contributed by atoms with Gasteiger partial charge in [-0.15, -0.1) is 11.3 Å². The summed E-state index contributed by atoms with van der Waals surface area (Å²) in [6.07, 6.45) is 7.41. The predicted molar refractivity (Wildman–Crippen MR) is 151 cm³/mol. The van der Waals surface area contributed by atoms with Crippen LogP contribution in [0.5, 0.6) is 28.7 Å². The molecule has 3 N–H and O–H groups in total. The zero-order valence-electron chi connectivity index (χ0n) is 21.3. The van der Waals surface area contributed by atoms with Gasteiger partial charge in [0.05, 0.1) is 11.5 Å². The first-order valence-corrected chi connectivity index (χ1v) is 14.1. The van der Waals surface area contributed by atoms with Gasteiger partial charge >= 0.3 is 0 Å². The summed E-state index contributed by atoms with van der Waals surface area (Å²) < 4.78 is 13.1. The van der Waals surface area contributed by atoms with Gasteiger partial charge in [0.25, 0.3) is 0 Å². The van der Waals surface area contributed by atoms with Gasteiger partial charge in [0.1, 0.15) is 23.0 Å². The molecule has 0 atom stereocenters. The minimum absolute atomic E-state index is 0.203. The molecular weight excluding hydrogens is 498 g/mol. The second-order valence-electron chi connectivity index (χ2n) is 9.74. The molecule has 7 heteroatoms. The zero-order chi connectivity index (χ0) is 26.3. The van der Waals surface area contributed by atoms with Crippen molar-refractivity contribution in [2.75, 3.05) is 13.2 Å². The molecule has 1 amide bonds. The van der Waals surface area contributed by atoms with E-state index in [1.807, 2.05) is 42.5 Å². The third-order valence-electron chi connectivity index (χ3n) is 6.92. The van der Waals surface area contributed by atoms with Crippen molar-refractivity contribution in [3.05, 3.63) is 66.7 Å². The van der Waals surface area contributed by atoms with E-state index in [9.17, 15) is 15.0 Å². The molecule has 1 aliphatic rings. The maximum Gasteiger partial charge on any atom is 0.223 e. The lowest BCUT2D eigenvalue weighted by Gasteiger charge is -2.20. The summed E-state index contributed by atoms with van der Waals surface area (Å²) in [5.41, 5.74) is 0.924. The van der Waals surface area contributed by atoms with Gasteiger partial charge in [0.2, 0.25) is 5.91 Å². The Morgan fingerprint density at radius 1 is 0.868 bits per heavy atom. The van der Waals surface area contributed by atoms with E-state index in [4.69, 9.17) is 9.47 Å². The third kappa shape index (κ3) is 6.40. The molecule has 38 heavy (non-hydrogen) atoms. The Labute approximate surface area is 226 Å². The third-order valence-corrected chi connectivity index (χ3v) is 8.10. The van der Waals surface area contributed by atoms with Crippen LogP contribution in [-0.2, 0) is 4.79 Å². The van der Waals surface area contributed by atoms with Gasteiger partial charge in [-0.3, -0.25) is 4.79 Å². The average molecular weight is 532 g/mol. The van der Waals surface area contributed by atoms with E-state index in [-0.39, 0.29) is 23.3 Å². The van der Waals surface area contributed by atoms with Crippen LogP contribution in [0, 0.1) is 5.92 Å². The van der Waals surface area contributed by atoms with E-state index in [2.05, 4.69) is 5.32 Å². The van der Waals surface area contributed by atoms with Gasteiger partial charge < -0.3 is 25.0 Å². The first-order chi connectivity index (χ1) is 18.6. The van der Waals surface area contributed by atoms with Crippen molar-refractivity contribution >= 4 is 27.3 Å². The summed E-state index contributed by atoms with van der Waals surface area (Å²) in [7, 11) is 0. The van der Waals surface area contributed by atoms with E-state index in [1.165, 1.54) is 30.6 Å². The fourth-order valence-corrected chi connectivity index (χ4v) is 5.99. The molecule has 3 aromatic carbocycles. The number of hydrogen-bond donors (Lipinski definition) is 3. The van der Waals surface area contributed by atoms with Crippen LogP contribution in [0.2, 0.25) is 0 Å². The second kappa shape index (κ2) is 12.2. The molecule has 1 aromatic heterocycles. The lowest BCUT2D eigenvalue weighted by Crippen LogP contribution is -2.32. The summed E-state index contributed by atoms with van der Waals surface area (Å²) in [5.74, 6) is 2.98. The van der Waals surface area contributed by atoms with Crippen molar-refractivity contribution in [1.82, 2.24) is 5.32 Å². The number of thiophene rings is 1. The Balaban J connectivity index is 1.16. The van der Waals surface area contributed by atoms with Crippen LogP contribution in [0.4, 0.5) is 0 Å². The normalized spacial score (nSPS) is 13.9. The van der Waals surface area contributed by atoms with Crippen molar-refractivity contribution in [1.29, 1.82) is 0 Å². The molecule has 6 nitrogen and oxygen atoms in total. The molecule has 1 aliphatic carbocycles. The molecule has 4 aromatic rings. The topological polar surface area (TPSA) is 88.0 Å². The molecule has 5 rings (SSSR count). The smallest absolute Gasteiger partial charge is 0.223 e. The van der Waals surface area contributed by atoms with Crippen molar-refractivity contribution < 1.29 is 24.5 Å². The van der Waals surface area contributed by atoms with Crippen LogP contribution in [0.25, 0.3) is 20.5 Å². The van der Waals surface area contributed by atoms with E-state index in [0.717, 1.165) is 52.0 Å². The molecule has 198 valence electrons. The lowest BCUT2D eigenvalue weighted by atomic mass is 9.89. The van der Waals surface area contributed by atoms with Gasteiger partial charge in [0, 0.05) is 22.5 Å². The van der Waals surface area contributed by atoms with E-state index in [0.29, 0.717) is 24.7 Å². The highest BCUT2D eigenvalue weighted by atomic mass is 32.1. The average Bonchev–Trinajstić information content (AvgIpc) is 3.29. The molecule has 0 radical (unpaired) electrons. The minimum atomic E-state index is 0.203. The SMILES string of the molecule is O=C(NCCCCOc1ccc(Oc2c(-c3ccc(O)cc3)sc3cc(O)ccc23)cc1)C1CCCCC1. The number of hydrogen-bond acceptors (Lipinski definition) is 6. The number of fused-ring (bicyclic) bond motifs is 1. The number of ether oxygens (including phenoxy) is 2. The Kier molecular flexibility index (Phi) is 8.34. The molecule has 1 fully saturated rings. The minimum Gasteiger partial charge on any atom is -0.508 e. The Morgan fingerprint density at radius 3 is 2.34 bits per heavy atom. The summed E-state index contributed by atoms with van der Waals surface area (Å²) in [6, 6.07) is 19.8. The van der Waals surface area contributed by atoms with Crippen LogP contribution in [0.1, 0.15) is 44.9 Å². The molecule has 0 saturated heterocycles. The number of aromatic hydroxyl groups is 2. The molecule has 1 saturated carbocycles. The Bertz CT molecular complexity index is 1360. The maximum absolute atomic E-state index is 12.2. The first-order valence-electron chi connectivity index (χ1n) is 13.3. The number of phenolic OH excluding ortho intramolecular Hbond substituents is 2. The van der Waals surface area contributed by atoms with Crippen LogP contribution < -0.4 is 14.8 Å². The van der Waals surface area contributed by atoms with Gasteiger partial charge in [-0.2, -0.15) is 0 Å². The quantitative estimate of drug-likeness (QED) is 0.183. The monoisotopic (exact) mass is 531 g/mol. The standard InChI is InChI=1S/C31H33NO5S/c33-23-10-8-21(9-11-23)30-29(27-17-12-24(34)20-28(27)38-30)37-26-15-13-25(14-16-26)36-19-5-4-18-32-31(35)22-6-2-1-3-7-22/h8-17,20,22,33-34H,1-7,18-19H2,(H,32,35). The molecule has 0 spiro atoms. The second-order valence-corrected chi connectivity index (χ2v) is 10.8. The van der Waals surface area contributed by atoms with Gasteiger partial charge in [0.15, 0.2) is 5.75 Å². The van der Waals surface area contributed by atoms with Crippen molar-refractivity contribution in [2.45, 2.75) is 44.9 Å².